The first kappa shape index (κ1) is 27.8. The van der Waals surface area contributed by atoms with Gasteiger partial charge in [0.25, 0.3) is 0 Å². The third-order valence-corrected chi connectivity index (χ3v) is 5.99. The Balaban J connectivity index is 1.42. The van der Waals surface area contributed by atoms with E-state index in [4.69, 9.17) is 0 Å². The van der Waals surface area contributed by atoms with E-state index in [9.17, 15) is 27.1 Å². The van der Waals surface area contributed by atoms with E-state index in [2.05, 4.69) is 32.0 Å². The molecule has 4 rings (SSSR count). The Morgan fingerprint density at radius 3 is 2.18 bits per heavy atom. The normalized spacial score (nSPS) is 13.7. The van der Waals surface area contributed by atoms with Crippen LogP contribution in [0.4, 0.5) is 22.0 Å². The standard InChI is InChI=1S/C28H23F5N4O2/c1-19(27(38,16-37-18-34-17-36-37)25-13-10-23(29)14-26(25)30)35-15-22-6-4-20(5-7-22)2-3-21-8-11-24(12-9-21)39-28(31,32)33/h4-14,17-19,35,38H,15-16H2,1H3/t19-,27-/m1/s1. The van der Waals surface area contributed by atoms with Crippen LogP contribution in [0.5, 0.6) is 5.75 Å². The highest BCUT2D eigenvalue weighted by molar-refractivity contribution is 5.45. The predicted octanol–water partition coefficient (Wildman–Crippen LogP) is 4.92. The molecule has 0 amide bonds. The van der Waals surface area contributed by atoms with Crippen molar-refractivity contribution in [3.8, 4) is 17.6 Å². The fraction of sp³-hybridized carbons (Fsp3) is 0.214. The Morgan fingerprint density at radius 1 is 0.974 bits per heavy atom. The minimum absolute atomic E-state index is 0.0805. The van der Waals surface area contributed by atoms with E-state index in [-0.39, 0.29) is 17.9 Å². The molecular formula is C28H23F5N4O2. The van der Waals surface area contributed by atoms with Gasteiger partial charge >= 0.3 is 6.36 Å². The molecule has 39 heavy (non-hydrogen) atoms. The number of aromatic nitrogens is 3. The van der Waals surface area contributed by atoms with E-state index in [1.54, 1.807) is 19.1 Å². The number of rotatable bonds is 8. The van der Waals surface area contributed by atoms with Crippen LogP contribution in [-0.4, -0.2) is 32.3 Å². The lowest BCUT2D eigenvalue weighted by Gasteiger charge is -2.35. The molecule has 0 bridgehead atoms. The first-order valence-electron chi connectivity index (χ1n) is 11.7. The van der Waals surface area contributed by atoms with Gasteiger partial charge in [-0.05, 0) is 55.0 Å². The summed E-state index contributed by atoms with van der Waals surface area (Å²) in [5.41, 5.74) is 0.187. The molecule has 0 aliphatic heterocycles. The van der Waals surface area contributed by atoms with E-state index in [0.717, 1.165) is 17.7 Å². The summed E-state index contributed by atoms with van der Waals surface area (Å²) in [6, 6.07) is 14.8. The van der Waals surface area contributed by atoms with Crippen LogP contribution in [0.25, 0.3) is 0 Å². The number of hydrogen-bond acceptors (Lipinski definition) is 5. The molecule has 3 aromatic carbocycles. The Morgan fingerprint density at radius 2 is 1.62 bits per heavy atom. The second-order valence-electron chi connectivity index (χ2n) is 8.76. The van der Waals surface area contributed by atoms with Crippen molar-refractivity contribution in [2.75, 3.05) is 0 Å². The van der Waals surface area contributed by atoms with Crippen LogP contribution >= 0.6 is 0 Å². The molecule has 1 aromatic heterocycles. The average molecular weight is 543 g/mol. The number of alkyl halides is 3. The van der Waals surface area contributed by atoms with Gasteiger partial charge < -0.3 is 15.2 Å². The predicted molar refractivity (Wildman–Crippen MR) is 132 cm³/mol. The first-order valence-corrected chi connectivity index (χ1v) is 11.7. The quantitative estimate of drug-likeness (QED) is 0.244. The van der Waals surface area contributed by atoms with E-state index in [0.29, 0.717) is 17.7 Å². The number of ether oxygens (including phenoxy) is 1. The number of aliphatic hydroxyl groups is 1. The molecule has 6 nitrogen and oxygen atoms in total. The monoisotopic (exact) mass is 542 g/mol. The molecule has 0 aliphatic rings. The minimum Gasteiger partial charge on any atom is -0.406 e. The molecular weight excluding hydrogens is 519 g/mol. The lowest BCUT2D eigenvalue weighted by Crippen LogP contribution is -2.49. The van der Waals surface area contributed by atoms with Crippen molar-refractivity contribution in [3.63, 3.8) is 0 Å². The second kappa shape index (κ2) is 11.6. The van der Waals surface area contributed by atoms with Crippen LogP contribution in [0.15, 0.2) is 79.4 Å². The topological polar surface area (TPSA) is 72.2 Å². The van der Waals surface area contributed by atoms with Gasteiger partial charge in [0.05, 0.1) is 6.54 Å². The Hall–Kier alpha value is -4.27. The number of hydrogen-bond donors (Lipinski definition) is 2. The molecule has 11 heteroatoms. The van der Waals surface area contributed by atoms with Crippen LogP contribution in [-0.2, 0) is 18.7 Å². The maximum atomic E-state index is 14.7. The van der Waals surface area contributed by atoms with Crippen molar-refractivity contribution < 1.29 is 31.8 Å². The maximum absolute atomic E-state index is 14.7. The SMILES string of the molecule is C[C@@H](NCc1ccc(C#Cc2ccc(OC(F)(F)F)cc2)cc1)[C@](O)(Cn1cncn1)c1ccc(F)cc1F. The third-order valence-electron chi connectivity index (χ3n) is 5.99. The van der Waals surface area contributed by atoms with Gasteiger partial charge in [0.1, 0.15) is 35.6 Å². The van der Waals surface area contributed by atoms with Crippen molar-refractivity contribution in [2.45, 2.75) is 38.0 Å². The Bertz CT molecular complexity index is 1450. The van der Waals surface area contributed by atoms with Crippen molar-refractivity contribution in [3.05, 3.63) is 113 Å². The van der Waals surface area contributed by atoms with Gasteiger partial charge in [-0.1, -0.05) is 30.0 Å². The molecule has 0 fully saturated rings. The summed E-state index contributed by atoms with van der Waals surface area (Å²) in [4.78, 5) is 3.86. The average Bonchev–Trinajstić information content (AvgIpc) is 3.39. The summed E-state index contributed by atoms with van der Waals surface area (Å²) < 4.78 is 70.3. The number of halogens is 5. The molecule has 0 saturated heterocycles. The fourth-order valence-corrected chi connectivity index (χ4v) is 3.89. The summed E-state index contributed by atoms with van der Waals surface area (Å²) in [7, 11) is 0. The van der Waals surface area contributed by atoms with Crippen molar-refractivity contribution in [1.82, 2.24) is 20.1 Å². The second-order valence-corrected chi connectivity index (χ2v) is 8.76. The van der Waals surface area contributed by atoms with Crippen LogP contribution in [0.1, 0.15) is 29.2 Å². The van der Waals surface area contributed by atoms with Gasteiger partial charge in [-0.25, -0.2) is 18.4 Å². The van der Waals surface area contributed by atoms with Crippen LogP contribution < -0.4 is 10.1 Å². The van der Waals surface area contributed by atoms with Crippen LogP contribution in [0, 0.1) is 23.5 Å². The zero-order valence-electron chi connectivity index (χ0n) is 20.6. The lowest BCUT2D eigenvalue weighted by molar-refractivity contribution is -0.274. The van der Waals surface area contributed by atoms with E-state index in [1.807, 2.05) is 12.1 Å². The summed E-state index contributed by atoms with van der Waals surface area (Å²) in [5, 5.41) is 18.8. The summed E-state index contributed by atoms with van der Waals surface area (Å²) in [6.07, 6.45) is -2.07. The zero-order valence-corrected chi connectivity index (χ0v) is 20.6. The molecule has 0 unspecified atom stereocenters. The molecule has 202 valence electrons. The molecule has 0 radical (unpaired) electrons. The molecule has 0 aliphatic carbocycles. The zero-order chi connectivity index (χ0) is 28.0. The molecule has 0 spiro atoms. The Labute approximate surface area is 221 Å². The summed E-state index contributed by atoms with van der Waals surface area (Å²) >= 11 is 0. The molecule has 2 atom stereocenters. The smallest absolute Gasteiger partial charge is 0.406 e. The molecule has 1 heterocycles. The Kier molecular flexibility index (Phi) is 8.28. The van der Waals surface area contributed by atoms with Gasteiger partial charge in [-0.2, -0.15) is 5.10 Å². The van der Waals surface area contributed by atoms with Gasteiger partial charge in [0, 0.05) is 35.3 Å². The van der Waals surface area contributed by atoms with Crippen molar-refractivity contribution in [1.29, 1.82) is 0 Å². The molecule has 2 N–H and O–H groups in total. The number of nitrogens with zero attached hydrogens (tertiary/aromatic N) is 3. The minimum atomic E-state index is -4.76. The molecule has 0 saturated carbocycles. The van der Waals surface area contributed by atoms with Crippen molar-refractivity contribution in [2.24, 2.45) is 0 Å². The largest absolute Gasteiger partial charge is 0.573 e. The number of benzene rings is 3. The van der Waals surface area contributed by atoms with E-state index < -0.39 is 29.6 Å². The van der Waals surface area contributed by atoms with Gasteiger partial charge in [0.15, 0.2) is 0 Å². The lowest BCUT2D eigenvalue weighted by atomic mass is 9.86. The maximum Gasteiger partial charge on any atom is 0.573 e. The summed E-state index contributed by atoms with van der Waals surface area (Å²) in [5.74, 6) is 3.86. The highest BCUT2D eigenvalue weighted by Crippen LogP contribution is 2.30. The number of nitrogens with one attached hydrogen (secondary N) is 1. The third kappa shape index (κ3) is 7.40. The van der Waals surface area contributed by atoms with Crippen molar-refractivity contribution >= 4 is 0 Å². The highest BCUT2D eigenvalue weighted by atomic mass is 19.4. The highest BCUT2D eigenvalue weighted by Gasteiger charge is 2.39. The van der Waals surface area contributed by atoms with E-state index in [1.165, 1.54) is 47.7 Å². The van der Waals surface area contributed by atoms with Crippen LogP contribution in [0.3, 0.4) is 0 Å². The van der Waals surface area contributed by atoms with Gasteiger partial charge in [-0.15, -0.1) is 13.2 Å². The molecule has 4 aromatic rings. The van der Waals surface area contributed by atoms with Crippen LogP contribution in [0.2, 0.25) is 0 Å². The van der Waals surface area contributed by atoms with Gasteiger partial charge in [0.2, 0.25) is 0 Å². The first-order chi connectivity index (χ1) is 18.5. The summed E-state index contributed by atoms with van der Waals surface area (Å²) in [6.45, 7) is 1.88. The van der Waals surface area contributed by atoms with E-state index >= 15 is 0 Å². The fourth-order valence-electron chi connectivity index (χ4n) is 3.89. The van der Waals surface area contributed by atoms with Gasteiger partial charge in [-0.3, -0.25) is 0 Å².